The summed E-state index contributed by atoms with van der Waals surface area (Å²) in [5, 5.41) is 5.88. The van der Waals surface area contributed by atoms with Crippen molar-refractivity contribution in [2.45, 2.75) is 51.5 Å². The molecule has 94 valence electrons. The summed E-state index contributed by atoms with van der Waals surface area (Å²) >= 11 is 0. The third kappa shape index (κ3) is 5.95. The summed E-state index contributed by atoms with van der Waals surface area (Å²) in [4.78, 5) is 11.5. The Morgan fingerprint density at radius 3 is 2.75 bits per heavy atom. The monoisotopic (exact) mass is 228 g/mol. The molecule has 1 aliphatic carbocycles. The van der Waals surface area contributed by atoms with Gasteiger partial charge in [0, 0.05) is 25.8 Å². The molecule has 0 spiro atoms. The van der Waals surface area contributed by atoms with E-state index in [2.05, 4.69) is 10.6 Å². The highest BCUT2D eigenvalue weighted by Gasteiger charge is 2.14. The van der Waals surface area contributed by atoms with E-state index >= 15 is 0 Å². The smallest absolute Gasteiger partial charge is 0.315 e. The molecule has 0 aliphatic heterocycles. The number of amides is 2. The first-order valence-corrected chi connectivity index (χ1v) is 6.45. The van der Waals surface area contributed by atoms with E-state index < -0.39 is 0 Å². The Bertz CT molecular complexity index is 191. The molecule has 1 fully saturated rings. The van der Waals surface area contributed by atoms with Crippen molar-refractivity contribution in [2.24, 2.45) is 0 Å². The molecule has 0 aromatic carbocycles. The maximum absolute atomic E-state index is 11.5. The Morgan fingerprint density at radius 1 is 1.31 bits per heavy atom. The van der Waals surface area contributed by atoms with Crippen LogP contribution in [0.5, 0.6) is 0 Å². The number of carbonyl (C=O) groups excluding carboxylic acids is 1. The van der Waals surface area contributed by atoms with Crippen LogP contribution in [0, 0.1) is 0 Å². The molecule has 0 radical (unpaired) electrons. The third-order valence-electron chi connectivity index (χ3n) is 2.90. The van der Waals surface area contributed by atoms with Crippen LogP contribution in [0.2, 0.25) is 0 Å². The van der Waals surface area contributed by atoms with E-state index in [4.69, 9.17) is 4.74 Å². The minimum Gasteiger partial charge on any atom is -0.382 e. The average Bonchev–Trinajstić information content (AvgIpc) is 2.30. The van der Waals surface area contributed by atoms with Crippen molar-refractivity contribution in [3.05, 3.63) is 0 Å². The Balaban J connectivity index is 1.97. The number of rotatable bonds is 6. The molecule has 0 saturated heterocycles. The largest absolute Gasteiger partial charge is 0.382 e. The fraction of sp³-hybridized carbons (Fsp3) is 0.917. The van der Waals surface area contributed by atoms with Crippen LogP contribution in [-0.2, 0) is 4.74 Å². The van der Waals surface area contributed by atoms with Crippen molar-refractivity contribution >= 4 is 6.03 Å². The quantitative estimate of drug-likeness (QED) is 0.684. The average molecular weight is 228 g/mol. The zero-order valence-corrected chi connectivity index (χ0v) is 10.3. The minimum absolute atomic E-state index is 0.0246. The Kier molecular flexibility index (Phi) is 6.97. The highest BCUT2D eigenvalue weighted by Crippen LogP contribution is 2.16. The predicted octanol–water partition coefficient (Wildman–Crippen LogP) is 2.04. The van der Waals surface area contributed by atoms with E-state index in [0.717, 1.165) is 32.5 Å². The first-order valence-electron chi connectivity index (χ1n) is 6.45. The summed E-state index contributed by atoms with van der Waals surface area (Å²) in [5.74, 6) is 0. The van der Waals surface area contributed by atoms with Crippen LogP contribution < -0.4 is 10.6 Å². The Labute approximate surface area is 98.1 Å². The van der Waals surface area contributed by atoms with Crippen molar-refractivity contribution in [1.29, 1.82) is 0 Å². The van der Waals surface area contributed by atoms with Gasteiger partial charge >= 0.3 is 6.03 Å². The van der Waals surface area contributed by atoms with Gasteiger partial charge in [-0.1, -0.05) is 19.3 Å². The molecule has 4 nitrogen and oxygen atoms in total. The summed E-state index contributed by atoms with van der Waals surface area (Å²) in [6, 6.07) is 0.365. The summed E-state index contributed by atoms with van der Waals surface area (Å²) in [7, 11) is 0. The highest BCUT2D eigenvalue weighted by atomic mass is 16.5. The summed E-state index contributed by atoms with van der Waals surface area (Å²) < 4.78 is 5.19. The molecule has 2 amide bonds. The predicted molar refractivity (Wildman–Crippen MR) is 64.5 cm³/mol. The van der Waals surface area contributed by atoms with E-state index in [-0.39, 0.29) is 6.03 Å². The van der Waals surface area contributed by atoms with Crippen LogP contribution in [0.25, 0.3) is 0 Å². The molecule has 1 aliphatic rings. The van der Waals surface area contributed by atoms with Gasteiger partial charge in [-0.25, -0.2) is 4.79 Å². The van der Waals surface area contributed by atoms with E-state index in [1.807, 2.05) is 6.92 Å². The molecule has 0 bridgehead atoms. The molecule has 2 N–H and O–H groups in total. The normalized spacial score (nSPS) is 17.1. The molecule has 4 heteroatoms. The third-order valence-corrected chi connectivity index (χ3v) is 2.90. The molecule has 0 heterocycles. The van der Waals surface area contributed by atoms with Crippen LogP contribution in [0.1, 0.15) is 45.4 Å². The first kappa shape index (κ1) is 13.3. The van der Waals surface area contributed by atoms with Gasteiger partial charge in [-0.3, -0.25) is 0 Å². The number of carbonyl (C=O) groups is 1. The van der Waals surface area contributed by atoms with E-state index in [1.165, 1.54) is 19.3 Å². The van der Waals surface area contributed by atoms with Gasteiger partial charge in [-0.2, -0.15) is 0 Å². The van der Waals surface area contributed by atoms with Crippen molar-refractivity contribution in [3.63, 3.8) is 0 Å². The second-order valence-electron chi connectivity index (χ2n) is 4.29. The van der Waals surface area contributed by atoms with Gasteiger partial charge in [0.25, 0.3) is 0 Å². The molecule has 0 aromatic rings. The molecule has 1 rings (SSSR count). The second-order valence-corrected chi connectivity index (χ2v) is 4.29. The van der Waals surface area contributed by atoms with Crippen molar-refractivity contribution < 1.29 is 9.53 Å². The lowest BCUT2D eigenvalue weighted by molar-refractivity contribution is 0.145. The fourth-order valence-electron chi connectivity index (χ4n) is 2.00. The Morgan fingerprint density at radius 2 is 2.06 bits per heavy atom. The molecular weight excluding hydrogens is 204 g/mol. The SMILES string of the molecule is CCOCCCNC(=O)NC1CCCCC1. The van der Waals surface area contributed by atoms with Crippen LogP contribution in [0.4, 0.5) is 4.79 Å². The zero-order valence-electron chi connectivity index (χ0n) is 10.3. The van der Waals surface area contributed by atoms with Gasteiger partial charge in [0.1, 0.15) is 0 Å². The lowest BCUT2D eigenvalue weighted by atomic mass is 9.96. The van der Waals surface area contributed by atoms with Crippen molar-refractivity contribution in [1.82, 2.24) is 10.6 Å². The molecule has 1 saturated carbocycles. The molecule has 0 atom stereocenters. The molecule has 0 aromatic heterocycles. The number of urea groups is 1. The van der Waals surface area contributed by atoms with E-state index in [1.54, 1.807) is 0 Å². The van der Waals surface area contributed by atoms with Crippen LogP contribution in [0.15, 0.2) is 0 Å². The Hall–Kier alpha value is -0.770. The van der Waals surface area contributed by atoms with Gasteiger partial charge in [-0.15, -0.1) is 0 Å². The summed E-state index contributed by atoms with van der Waals surface area (Å²) in [6.07, 6.45) is 6.95. The van der Waals surface area contributed by atoms with Crippen LogP contribution >= 0.6 is 0 Å². The topological polar surface area (TPSA) is 50.4 Å². The van der Waals surface area contributed by atoms with Crippen molar-refractivity contribution in [2.75, 3.05) is 19.8 Å². The number of ether oxygens (including phenoxy) is 1. The van der Waals surface area contributed by atoms with E-state index in [9.17, 15) is 4.79 Å². The van der Waals surface area contributed by atoms with Crippen LogP contribution in [0.3, 0.4) is 0 Å². The van der Waals surface area contributed by atoms with Gasteiger partial charge in [0.05, 0.1) is 0 Å². The number of hydrogen-bond acceptors (Lipinski definition) is 2. The maximum atomic E-state index is 11.5. The fourth-order valence-corrected chi connectivity index (χ4v) is 2.00. The van der Waals surface area contributed by atoms with Gasteiger partial charge in [0.15, 0.2) is 0 Å². The van der Waals surface area contributed by atoms with Crippen molar-refractivity contribution in [3.8, 4) is 0 Å². The maximum Gasteiger partial charge on any atom is 0.315 e. The highest BCUT2D eigenvalue weighted by molar-refractivity contribution is 5.74. The minimum atomic E-state index is -0.0246. The standard InChI is InChI=1S/C12H24N2O2/c1-2-16-10-6-9-13-12(15)14-11-7-4-3-5-8-11/h11H,2-10H2,1H3,(H2,13,14,15). The van der Waals surface area contributed by atoms with Gasteiger partial charge < -0.3 is 15.4 Å². The molecular formula is C12H24N2O2. The summed E-state index contributed by atoms with van der Waals surface area (Å²) in [5.41, 5.74) is 0. The zero-order chi connectivity index (χ0) is 11.6. The first-order chi connectivity index (χ1) is 7.83. The number of nitrogens with one attached hydrogen (secondary N) is 2. The molecule has 0 unspecified atom stereocenters. The summed E-state index contributed by atoms with van der Waals surface area (Å²) in [6.45, 7) is 4.14. The number of hydrogen-bond donors (Lipinski definition) is 2. The van der Waals surface area contributed by atoms with Gasteiger partial charge in [0.2, 0.25) is 0 Å². The second kappa shape index (κ2) is 8.39. The van der Waals surface area contributed by atoms with E-state index in [0.29, 0.717) is 12.6 Å². The van der Waals surface area contributed by atoms with Crippen LogP contribution in [-0.4, -0.2) is 31.8 Å². The molecule has 16 heavy (non-hydrogen) atoms. The lowest BCUT2D eigenvalue weighted by Crippen LogP contribution is -2.43. The van der Waals surface area contributed by atoms with Gasteiger partial charge in [-0.05, 0) is 26.2 Å². The lowest BCUT2D eigenvalue weighted by Gasteiger charge is -2.22.